The average molecular weight is 450 g/mol. The molecular formula is C21H31N5O4S. The molecule has 0 atom stereocenters. The van der Waals surface area contributed by atoms with Gasteiger partial charge in [0.25, 0.3) is 10.1 Å². The van der Waals surface area contributed by atoms with Crippen LogP contribution >= 0.6 is 0 Å². The molecule has 170 valence electrons. The van der Waals surface area contributed by atoms with Crippen molar-refractivity contribution < 1.29 is 17.7 Å². The second-order valence-electron chi connectivity index (χ2n) is 7.90. The summed E-state index contributed by atoms with van der Waals surface area (Å²) < 4.78 is 27.2. The number of nitrogens with zero attached hydrogens (tertiary/aromatic N) is 3. The first-order valence-electron chi connectivity index (χ1n) is 10.7. The maximum Gasteiger partial charge on any atom is 0.264 e. The van der Waals surface area contributed by atoms with Crippen LogP contribution in [-0.4, -0.2) is 53.4 Å². The first-order chi connectivity index (χ1) is 14.8. The molecule has 0 spiro atoms. The lowest BCUT2D eigenvalue weighted by Gasteiger charge is -2.27. The molecule has 3 N–H and O–H groups in total. The zero-order valence-electron chi connectivity index (χ0n) is 18.0. The van der Waals surface area contributed by atoms with Crippen LogP contribution < -0.4 is 10.6 Å². The second-order valence-corrected chi connectivity index (χ2v) is 9.55. The first-order valence-corrected chi connectivity index (χ1v) is 12.5. The Morgan fingerprint density at radius 3 is 2.58 bits per heavy atom. The zero-order chi connectivity index (χ0) is 22.3. The van der Waals surface area contributed by atoms with Crippen molar-refractivity contribution >= 4 is 21.9 Å². The first kappa shape index (κ1) is 23.4. The Balaban J connectivity index is 1.80. The lowest BCUT2D eigenvalue weighted by Crippen LogP contribution is -2.29. The summed E-state index contributed by atoms with van der Waals surface area (Å²) in [5.41, 5.74) is 2.10. The highest BCUT2D eigenvalue weighted by Gasteiger charge is 2.21. The van der Waals surface area contributed by atoms with Gasteiger partial charge < -0.3 is 15.7 Å². The average Bonchev–Trinajstić information content (AvgIpc) is 2.74. The van der Waals surface area contributed by atoms with Crippen molar-refractivity contribution in [1.29, 1.82) is 0 Å². The summed E-state index contributed by atoms with van der Waals surface area (Å²) in [6.45, 7) is 2.88. The Morgan fingerprint density at radius 1 is 1.16 bits per heavy atom. The minimum atomic E-state index is -3.51. The van der Waals surface area contributed by atoms with E-state index < -0.39 is 10.1 Å². The van der Waals surface area contributed by atoms with Crippen LogP contribution in [0, 0.1) is 0 Å². The number of pyridine rings is 1. The molecule has 3 rings (SSSR count). The molecule has 0 amide bonds. The van der Waals surface area contributed by atoms with Gasteiger partial charge in [0.05, 0.1) is 30.2 Å². The third-order valence-corrected chi connectivity index (χ3v) is 5.73. The highest BCUT2D eigenvalue weighted by molar-refractivity contribution is 7.85. The van der Waals surface area contributed by atoms with E-state index in [0.717, 1.165) is 56.9 Å². The van der Waals surface area contributed by atoms with E-state index in [9.17, 15) is 13.5 Å². The molecule has 0 saturated heterocycles. The number of hydrogen-bond donors (Lipinski definition) is 3. The van der Waals surface area contributed by atoms with Gasteiger partial charge in [-0.2, -0.15) is 13.4 Å². The molecule has 2 aromatic rings. The van der Waals surface area contributed by atoms with Crippen LogP contribution in [0.15, 0.2) is 24.5 Å². The highest BCUT2D eigenvalue weighted by atomic mass is 32.2. The predicted octanol–water partition coefficient (Wildman–Crippen LogP) is 2.94. The second kappa shape index (κ2) is 10.8. The van der Waals surface area contributed by atoms with E-state index in [-0.39, 0.29) is 18.8 Å². The van der Waals surface area contributed by atoms with Gasteiger partial charge in [-0.05, 0) is 43.7 Å². The fourth-order valence-corrected chi connectivity index (χ4v) is 3.75. The van der Waals surface area contributed by atoms with Crippen LogP contribution in [0.1, 0.15) is 51.0 Å². The minimum absolute atomic E-state index is 0.0571. The van der Waals surface area contributed by atoms with Crippen LogP contribution in [0.2, 0.25) is 0 Å². The molecule has 10 heteroatoms. The molecule has 0 bridgehead atoms. The number of hydrogen-bond acceptors (Lipinski definition) is 9. The monoisotopic (exact) mass is 449 g/mol. The number of unbranched alkanes of at least 4 members (excludes halogenated alkanes) is 1. The van der Waals surface area contributed by atoms with Gasteiger partial charge in [-0.1, -0.05) is 19.4 Å². The molecule has 9 nitrogen and oxygen atoms in total. The van der Waals surface area contributed by atoms with Gasteiger partial charge in [0.15, 0.2) is 0 Å². The molecule has 1 aliphatic rings. The molecule has 0 aromatic carbocycles. The molecule has 1 saturated carbocycles. The highest BCUT2D eigenvalue weighted by Crippen LogP contribution is 2.29. The number of aromatic nitrogens is 3. The molecule has 1 fully saturated rings. The van der Waals surface area contributed by atoms with Crippen molar-refractivity contribution in [3.63, 3.8) is 0 Å². The number of rotatable bonds is 10. The van der Waals surface area contributed by atoms with Gasteiger partial charge in [0, 0.05) is 25.0 Å². The van der Waals surface area contributed by atoms with Crippen LogP contribution in [0.4, 0.5) is 11.8 Å². The Hall–Kier alpha value is -2.30. The van der Waals surface area contributed by atoms with Crippen molar-refractivity contribution in [2.24, 2.45) is 0 Å². The fraction of sp³-hybridized carbons (Fsp3) is 0.571. The Kier molecular flexibility index (Phi) is 8.16. The number of anilines is 2. The molecule has 1 aliphatic carbocycles. The predicted molar refractivity (Wildman–Crippen MR) is 120 cm³/mol. The fourth-order valence-electron chi connectivity index (χ4n) is 3.40. The summed E-state index contributed by atoms with van der Waals surface area (Å²) in [5.74, 6) is 1.26. The van der Waals surface area contributed by atoms with E-state index in [1.54, 1.807) is 24.5 Å². The number of aliphatic hydroxyl groups is 1. The van der Waals surface area contributed by atoms with Gasteiger partial charge in [0.2, 0.25) is 5.95 Å². The normalized spacial score (nSPS) is 19.2. The van der Waals surface area contributed by atoms with Crippen LogP contribution in [0.25, 0.3) is 11.3 Å². The van der Waals surface area contributed by atoms with Crippen LogP contribution in [-0.2, 0) is 20.9 Å². The summed E-state index contributed by atoms with van der Waals surface area (Å²) in [5, 5.41) is 16.6. The number of nitrogens with one attached hydrogen (secondary N) is 2. The maximum atomic E-state index is 11.2. The smallest absolute Gasteiger partial charge is 0.264 e. The standard InChI is InChI=1S/C21H31N5O4S/c1-3-4-11-22-21-24-13-18(20(26-21)25-16-6-8-17(27)9-7-16)19-10-5-15(12-23-19)14-30-31(2,28)29/h5,10,12-13,16-17,27H,3-4,6-9,11,14H2,1-2H3,(H2,22,24,25,26)/t16-,17-. The van der Waals surface area contributed by atoms with Crippen molar-refractivity contribution in [3.05, 3.63) is 30.1 Å². The van der Waals surface area contributed by atoms with E-state index >= 15 is 0 Å². The molecule has 0 radical (unpaired) electrons. The molecule has 0 unspecified atom stereocenters. The zero-order valence-corrected chi connectivity index (χ0v) is 18.9. The van der Waals surface area contributed by atoms with Crippen LogP contribution in [0.3, 0.4) is 0 Å². The summed E-state index contributed by atoms with van der Waals surface area (Å²) in [6.07, 6.45) is 9.54. The quantitative estimate of drug-likeness (QED) is 0.370. The van der Waals surface area contributed by atoms with Crippen molar-refractivity contribution in [2.75, 3.05) is 23.4 Å². The van der Waals surface area contributed by atoms with Crippen molar-refractivity contribution in [1.82, 2.24) is 15.0 Å². The maximum absolute atomic E-state index is 11.2. The topological polar surface area (TPSA) is 126 Å². The van der Waals surface area contributed by atoms with E-state index in [1.807, 2.05) is 0 Å². The Bertz CT molecular complexity index is 945. The lowest BCUT2D eigenvalue weighted by molar-refractivity contribution is 0.126. The van der Waals surface area contributed by atoms with Gasteiger partial charge in [-0.15, -0.1) is 0 Å². The molecule has 31 heavy (non-hydrogen) atoms. The van der Waals surface area contributed by atoms with Gasteiger partial charge in [-0.25, -0.2) is 4.98 Å². The third kappa shape index (κ3) is 7.41. The largest absolute Gasteiger partial charge is 0.393 e. The van der Waals surface area contributed by atoms with Gasteiger partial charge in [0.1, 0.15) is 5.82 Å². The van der Waals surface area contributed by atoms with Gasteiger partial charge in [-0.3, -0.25) is 9.17 Å². The molecule has 2 heterocycles. The van der Waals surface area contributed by atoms with Crippen molar-refractivity contribution in [2.45, 2.75) is 64.2 Å². The molecule has 0 aliphatic heterocycles. The Labute approximate surface area is 183 Å². The third-order valence-electron chi connectivity index (χ3n) is 5.18. The van der Waals surface area contributed by atoms with Crippen LogP contribution in [0.5, 0.6) is 0 Å². The lowest BCUT2D eigenvalue weighted by atomic mass is 9.93. The van der Waals surface area contributed by atoms with E-state index in [2.05, 4.69) is 32.5 Å². The summed E-state index contributed by atoms with van der Waals surface area (Å²) >= 11 is 0. The SMILES string of the molecule is CCCCNc1ncc(-c2ccc(COS(C)(=O)=O)cn2)c(N[C@H]2CC[C@H](O)CC2)n1. The van der Waals surface area contributed by atoms with E-state index in [1.165, 1.54) is 0 Å². The summed E-state index contributed by atoms with van der Waals surface area (Å²) in [6, 6.07) is 3.81. The summed E-state index contributed by atoms with van der Waals surface area (Å²) in [4.78, 5) is 13.6. The Morgan fingerprint density at radius 2 is 1.94 bits per heavy atom. The van der Waals surface area contributed by atoms with E-state index in [0.29, 0.717) is 23.0 Å². The molecule has 2 aromatic heterocycles. The summed E-state index contributed by atoms with van der Waals surface area (Å²) in [7, 11) is -3.51. The van der Waals surface area contributed by atoms with E-state index in [4.69, 9.17) is 4.18 Å². The number of aliphatic hydroxyl groups excluding tert-OH is 1. The minimum Gasteiger partial charge on any atom is -0.393 e. The van der Waals surface area contributed by atoms with Gasteiger partial charge >= 0.3 is 0 Å². The molecular weight excluding hydrogens is 418 g/mol. The van der Waals surface area contributed by atoms with Crippen molar-refractivity contribution in [3.8, 4) is 11.3 Å².